The highest BCUT2D eigenvalue weighted by atomic mass is 16.2. The molecule has 1 amide bonds. The lowest BCUT2D eigenvalue weighted by atomic mass is 9.92. The van der Waals surface area contributed by atoms with Crippen LogP contribution in [0.1, 0.15) is 28.9 Å². The molecule has 2 saturated heterocycles. The number of rotatable bonds is 1. The molecule has 0 bridgehead atoms. The fraction of sp³-hybridized carbons (Fsp3) is 0.600. The van der Waals surface area contributed by atoms with Crippen LogP contribution in [0.5, 0.6) is 0 Å². The molecule has 1 N–H and O–H groups in total. The van der Waals surface area contributed by atoms with Gasteiger partial charge in [0.25, 0.3) is 5.91 Å². The average Bonchev–Trinajstić information content (AvgIpc) is 2.78. The summed E-state index contributed by atoms with van der Waals surface area (Å²) in [6.07, 6.45) is 3.95. The van der Waals surface area contributed by atoms with Crippen LogP contribution < -0.4 is 5.32 Å². The summed E-state index contributed by atoms with van der Waals surface area (Å²) in [5.74, 6) is 1.66. The van der Waals surface area contributed by atoms with E-state index in [9.17, 15) is 4.79 Å². The summed E-state index contributed by atoms with van der Waals surface area (Å²) in [5, 5.41) is 3.46. The molecule has 102 valence electrons. The van der Waals surface area contributed by atoms with Gasteiger partial charge in [-0.25, -0.2) is 0 Å². The second kappa shape index (κ2) is 5.29. The Morgan fingerprint density at radius 1 is 1.26 bits per heavy atom. The number of aryl methyl sites for hydroxylation is 1. The Labute approximate surface area is 114 Å². The van der Waals surface area contributed by atoms with Gasteiger partial charge in [0.1, 0.15) is 0 Å². The van der Waals surface area contributed by atoms with Gasteiger partial charge in [-0.05, 0) is 56.8 Å². The van der Waals surface area contributed by atoms with Gasteiger partial charge in [0.05, 0.1) is 5.56 Å². The molecule has 3 heterocycles. The maximum absolute atomic E-state index is 12.5. The number of hydrogen-bond donors (Lipinski definition) is 1. The number of carbonyl (C=O) groups is 1. The highest BCUT2D eigenvalue weighted by molar-refractivity contribution is 5.93. The van der Waals surface area contributed by atoms with Crippen LogP contribution >= 0.6 is 0 Å². The predicted molar refractivity (Wildman–Crippen MR) is 74.0 cm³/mol. The molecule has 0 saturated carbocycles. The van der Waals surface area contributed by atoms with Crippen molar-refractivity contribution < 1.29 is 4.79 Å². The number of carbonyl (C=O) groups excluding carboxylic acids is 1. The fourth-order valence-corrected chi connectivity index (χ4v) is 3.20. The summed E-state index contributed by atoms with van der Waals surface area (Å²) >= 11 is 0. The van der Waals surface area contributed by atoms with Gasteiger partial charge in [0, 0.05) is 25.0 Å². The minimum Gasteiger partial charge on any atom is -0.339 e. The van der Waals surface area contributed by atoms with Crippen molar-refractivity contribution >= 4 is 5.91 Å². The van der Waals surface area contributed by atoms with E-state index in [1.807, 2.05) is 24.0 Å². The van der Waals surface area contributed by atoms with Crippen LogP contribution in [0.15, 0.2) is 18.3 Å². The van der Waals surface area contributed by atoms with Crippen LogP contribution in [-0.4, -0.2) is 42.0 Å². The second-order valence-electron chi connectivity index (χ2n) is 5.74. The molecular formula is C15H21N3O. The minimum atomic E-state index is 0.139. The zero-order valence-corrected chi connectivity index (χ0v) is 11.4. The molecule has 2 atom stereocenters. The van der Waals surface area contributed by atoms with E-state index in [0.717, 1.165) is 62.1 Å². The first-order chi connectivity index (χ1) is 9.24. The average molecular weight is 259 g/mol. The lowest BCUT2D eigenvalue weighted by Gasteiger charge is -2.20. The van der Waals surface area contributed by atoms with Gasteiger partial charge in [-0.15, -0.1) is 0 Å². The topological polar surface area (TPSA) is 45.2 Å². The fourth-order valence-electron chi connectivity index (χ4n) is 3.20. The van der Waals surface area contributed by atoms with Crippen molar-refractivity contribution in [3.8, 4) is 0 Å². The third-order valence-electron chi connectivity index (χ3n) is 4.46. The van der Waals surface area contributed by atoms with Gasteiger partial charge in [-0.2, -0.15) is 0 Å². The third kappa shape index (κ3) is 2.63. The number of nitrogens with one attached hydrogen (secondary N) is 1. The van der Waals surface area contributed by atoms with Crippen molar-refractivity contribution in [3.05, 3.63) is 29.6 Å². The summed E-state index contributed by atoms with van der Waals surface area (Å²) < 4.78 is 0. The Balaban J connectivity index is 1.68. The number of fused-ring (bicyclic) bond motifs is 1. The van der Waals surface area contributed by atoms with Crippen LogP contribution in [-0.2, 0) is 0 Å². The Bertz CT molecular complexity index is 443. The Hall–Kier alpha value is -1.42. The zero-order chi connectivity index (χ0) is 13.2. The molecule has 0 spiro atoms. The van der Waals surface area contributed by atoms with E-state index in [2.05, 4.69) is 10.3 Å². The molecule has 3 rings (SSSR count). The van der Waals surface area contributed by atoms with E-state index in [-0.39, 0.29) is 5.91 Å². The molecule has 0 radical (unpaired) electrons. The van der Waals surface area contributed by atoms with Crippen molar-refractivity contribution in [3.63, 3.8) is 0 Å². The SMILES string of the molecule is Cc1ccc(C(=O)N2CC[C@@H]3CNC[C@@H]3CC2)cn1. The third-order valence-corrected chi connectivity index (χ3v) is 4.46. The van der Waals surface area contributed by atoms with E-state index in [4.69, 9.17) is 0 Å². The molecule has 0 aromatic carbocycles. The molecule has 0 unspecified atom stereocenters. The van der Waals surface area contributed by atoms with E-state index in [1.54, 1.807) is 6.20 Å². The van der Waals surface area contributed by atoms with Gasteiger partial charge in [-0.3, -0.25) is 9.78 Å². The molecule has 2 aliphatic heterocycles. The van der Waals surface area contributed by atoms with E-state index >= 15 is 0 Å². The Kier molecular flexibility index (Phi) is 3.51. The van der Waals surface area contributed by atoms with Crippen LogP contribution in [0.3, 0.4) is 0 Å². The van der Waals surface area contributed by atoms with Gasteiger partial charge in [0.2, 0.25) is 0 Å². The maximum Gasteiger partial charge on any atom is 0.255 e. The van der Waals surface area contributed by atoms with E-state index in [0.29, 0.717) is 0 Å². The number of aromatic nitrogens is 1. The largest absolute Gasteiger partial charge is 0.339 e. The first-order valence-corrected chi connectivity index (χ1v) is 7.16. The lowest BCUT2D eigenvalue weighted by molar-refractivity contribution is 0.0758. The molecule has 4 heteroatoms. The van der Waals surface area contributed by atoms with Crippen molar-refractivity contribution in [2.45, 2.75) is 19.8 Å². The number of nitrogens with zero attached hydrogens (tertiary/aromatic N) is 2. The molecule has 1 aromatic heterocycles. The van der Waals surface area contributed by atoms with Gasteiger partial charge in [0.15, 0.2) is 0 Å². The Morgan fingerprint density at radius 3 is 2.53 bits per heavy atom. The number of pyridine rings is 1. The van der Waals surface area contributed by atoms with Crippen molar-refractivity contribution in [2.24, 2.45) is 11.8 Å². The molecule has 2 aliphatic rings. The van der Waals surface area contributed by atoms with E-state index in [1.165, 1.54) is 0 Å². The maximum atomic E-state index is 12.5. The van der Waals surface area contributed by atoms with Crippen LogP contribution in [0.2, 0.25) is 0 Å². The summed E-state index contributed by atoms with van der Waals surface area (Å²) in [4.78, 5) is 18.7. The smallest absolute Gasteiger partial charge is 0.255 e. The van der Waals surface area contributed by atoms with Crippen molar-refractivity contribution in [1.29, 1.82) is 0 Å². The van der Waals surface area contributed by atoms with Gasteiger partial charge >= 0.3 is 0 Å². The number of hydrogen-bond acceptors (Lipinski definition) is 3. The molecule has 2 fully saturated rings. The summed E-state index contributed by atoms with van der Waals surface area (Å²) in [7, 11) is 0. The first-order valence-electron chi connectivity index (χ1n) is 7.16. The minimum absolute atomic E-state index is 0.139. The number of likely N-dealkylation sites (tertiary alicyclic amines) is 1. The highest BCUT2D eigenvalue weighted by Gasteiger charge is 2.31. The van der Waals surface area contributed by atoms with Gasteiger partial charge < -0.3 is 10.2 Å². The zero-order valence-electron chi connectivity index (χ0n) is 11.4. The summed E-state index contributed by atoms with van der Waals surface area (Å²) in [6.45, 7) is 5.96. The quantitative estimate of drug-likeness (QED) is 0.830. The first kappa shape index (κ1) is 12.6. The van der Waals surface area contributed by atoms with Crippen LogP contribution in [0.25, 0.3) is 0 Å². The summed E-state index contributed by atoms with van der Waals surface area (Å²) in [5.41, 5.74) is 1.67. The van der Waals surface area contributed by atoms with Gasteiger partial charge in [-0.1, -0.05) is 0 Å². The Morgan fingerprint density at radius 2 is 1.95 bits per heavy atom. The number of amides is 1. The standard InChI is InChI=1S/C15H21N3O/c1-11-2-3-14(10-17-11)15(19)18-6-4-12-8-16-9-13(12)5-7-18/h2-3,10,12-13,16H,4-9H2,1H3/t12-,13+. The molecule has 1 aromatic rings. The summed E-state index contributed by atoms with van der Waals surface area (Å²) in [6, 6.07) is 3.79. The van der Waals surface area contributed by atoms with E-state index < -0.39 is 0 Å². The monoisotopic (exact) mass is 259 g/mol. The van der Waals surface area contributed by atoms with Crippen LogP contribution in [0, 0.1) is 18.8 Å². The molecular weight excluding hydrogens is 238 g/mol. The molecule has 19 heavy (non-hydrogen) atoms. The van der Waals surface area contributed by atoms with Crippen molar-refractivity contribution in [1.82, 2.24) is 15.2 Å². The molecule has 4 nitrogen and oxygen atoms in total. The predicted octanol–water partition coefficient (Wildman–Crippen LogP) is 1.46. The van der Waals surface area contributed by atoms with Crippen LogP contribution in [0.4, 0.5) is 0 Å². The second-order valence-corrected chi connectivity index (χ2v) is 5.74. The normalized spacial score (nSPS) is 26.9. The lowest BCUT2D eigenvalue weighted by Crippen LogP contribution is -2.32. The van der Waals surface area contributed by atoms with Crippen molar-refractivity contribution in [2.75, 3.05) is 26.2 Å². The molecule has 0 aliphatic carbocycles. The highest BCUT2D eigenvalue weighted by Crippen LogP contribution is 2.27.